The maximum atomic E-state index is 13.5. The van der Waals surface area contributed by atoms with E-state index in [1.165, 1.54) is 0 Å². The number of hydrogen-bond acceptors (Lipinski definition) is 5. The van der Waals surface area contributed by atoms with Gasteiger partial charge in [-0.25, -0.2) is 13.1 Å². The minimum Gasteiger partial charge on any atom is -0.298 e. The second kappa shape index (κ2) is 10.5. The molecule has 1 N–H and O–H groups in total. The minimum atomic E-state index is -3.82. The van der Waals surface area contributed by atoms with Crippen LogP contribution in [0.5, 0.6) is 0 Å². The number of rotatable bonds is 9. The number of amides is 1. The van der Waals surface area contributed by atoms with Gasteiger partial charge in [0, 0.05) is 23.1 Å². The van der Waals surface area contributed by atoms with Crippen molar-refractivity contribution >= 4 is 28.1 Å². The van der Waals surface area contributed by atoms with Crippen molar-refractivity contribution in [3.05, 3.63) is 53.6 Å². The Morgan fingerprint density at radius 2 is 1.78 bits per heavy atom. The van der Waals surface area contributed by atoms with Crippen LogP contribution in [0.3, 0.4) is 0 Å². The predicted molar refractivity (Wildman–Crippen MR) is 146 cm³/mol. The third kappa shape index (κ3) is 5.70. The van der Waals surface area contributed by atoms with Crippen LogP contribution < -0.4 is 4.72 Å². The SMILES string of the molecule is CCCCC1=NC2(CCCC2)C(=O)N1Cc1ccc(-c2ccccc2S(=O)(=O)NC(C)(C)C)c(C=O)c1. The normalized spacial score (nSPS) is 17.5. The van der Waals surface area contributed by atoms with E-state index in [1.807, 2.05) is 6.07 Å². The predicted octanol–water partition coefficient (Wildman–Crippen LogP) is 5.49. The number of carbonyl (C=O) groups excluding carboxylic acids is 2. The highest BCUT2D eigenvalue weighted by Gasteiger charge is 2.49. The van der Waals surface area contributed by atoms with Crippen molar-refractivity contribution in [2.45, 2.75) is 95.2 Å². The first-order valence-electron chi connectivity index (χ1n) is 13.1. The van der Waals surface area contributed by atoms with Crippen LogP contribution in [0.1, 0.15) is 88.6 Å². The molecular formula is C29H37N3O4S. The van der Waals surface area contributed by atoms with E-state index in [0.717, 1.165) is 62.6 Å². The third-order valence-corrected chi connectivity index (χ3v) is 8.79. The first kappa shape index (κ1) is 27.2. The summed E-state index contributed by atoms with van der Waals surface area (Å²) in [4.78, 5) is 32.5. The van der Waals surface area contributed by atoms with Crippen LogP contribution in [0.4, 0.5) is 0 Å². The highest BCUT2D eigenvalue weighted by Crippen LogP contribution is 2.40. The highest BCUT2D eigenvalue weighted by molar-refractivity contribution is 7.89. The molecule has 2 aromatic rings. The molecular weight excluding hydrogens is 486 g/mol. The Balaban J connectivity index is 1.67. The average Bonchev–Trinajstić information content (AvgIpc) is 3.42. The van der Waals surface area contributed by atoms with E-state index in [2.05, 4.69) is 11.6 Å². The Morgan fingerprint density at radius 3 is 2.43 bits per heavy atom. The number of amidine groups is 1. The Labute approximate surface area is 220 Å². The standard InChI is InChI=1S/C29H37N3O4S/c1-5-6-13-26-30-29(16-9-10-17-29)27(34)32(26)19-21-14-15-23(22(18-21)20-33)24-11-7-8-12-25(24)37(35,36)31-28(2,3)4/h7-8,11-12,14-15,18,20,31H,5-6,9-10,13,16-17,19H2,1-4H3. The fourth-order valence-corrected chi connectivity index (χ4v) is 6.96. The van der Waals surface area contributed by atoms with Crippen molar-refractivity contribution in [2.24, 2.45) is 4.99 Å². The van der Waals surface area contributed by atoms with Crippen LogP contribution in [-0.2, 0) is 21.4 Å². The number of aldehydes is 1. The Hall–Kier alpha value is -2.84. The van der Waals surface area contributed by atoms with Crippen LogP contribution >= 0.6 is 0 Å². The van der Waals surface area contributed by atoms with Crippen molar-refractivity contribution in [1.82, 2.24) is 9.62 Å². The van der Waals surface area contributed by atoms with Gasteiger partial charge in [-0.15, -0.1) is 0 Å². The zero-order valence-electron chi connectivity index (χ0n) is 22.2. The van der Waals surface area contributed by atoms with E-state index >= 15 is 0 Å². The fourth-order valence-electron chi connectivity index (χ4n) is 5.32. The molecule has 4 rings (SSSR count). The monoisotopic (exact) mass is 523 g/mol. The molecule has 1 amide bonds. The number of carbonyl (C=O) groups is 2. The molecule has 1 aliphatic carbocycles. The van der Waals surface area contributed by atoms with E-state index in [1.54, 1.807) is 62.1 Å². The van der Waals surface area contributed by atoms with Gasteiger partial charge in [-0.05, 0) is 63.3 Å². The van der Waals surface area contributed by atoms with Gasteiger partial charge < -0.3 is 0 Å². The summed E-state index contributed by atoms with van der Waals surface area (Å²) in [6.45, 7) is 7.82. The molecule has 0 unspecified atom stereocenters. The van der Waals surface area contributed by atoms with Gasteiger partial charge in [0.2, 0.25) is 10.0 Å². The molecule has 0 saturated heterocycles. The van der Waals surface area contributed by atoms with Gasteiger partial charge in [-0.1, -0.05) is 56.5 Å². The first-order valence-corrected chi connectivity index (χ1v) is 14.6. The molecule has 8 heteroatoms. The summed E-state index contributed by atoms with van der Waals surface area (Å²) in [7, 11) is -3.82. The lowest BCUT2D eigenvalue weighted by atomic mass is 9.96. The second-order valence-corrected chi connectivity index (χ2v) is 12.8. The zero-order valence-corrected chi connectivity index (χ0v) is 23.0. The largest absolute Gasteiger partial charge is 0.298 e. The van der Waals surface area contributed by atoms with Crippen molar-refractivity contribution in [3.63, 3.8) is 0 Å². The number of aliphatic imine (C=N–C) groups is 1. The summed E-state index contributed by atoms with van der Waals surface area (Å²) in [5.41, 5.74) is 0.925. The van der Waals surface area contributed by atoms with E-state index < -0.39 is 21.1 Å². The quantitative estimate of drug-likeness (QED) is 0.440. The van der Waals surface area contributed by atoms with Crippen LogP contribution in [0.2, 0.25) is 0 Å². The summed E-state index contributed by atoms with van der Waals surface area (Å²) in [6.07, 6.45) is 7.11. The van der Waals surface area contributed by atoms with E-state index in [-0.39, 0.29) is 10.8 Å². The van der Waals surface area contributed by atoms with Gasteiger partial charge in [-0.2, -0.15) is 0 Å². The molecule has 1 aliphatic heterocycles. The topological polar surface area (TPSA) is 95.9 Å². The maximum absolute atomic E-state index is 13.5. The minimum absolute atomic E-state index is 0.0672. The molecule has 1 spiro atoms. The van der Waals surface area contributed by atoms with E-state index in [0.29, 0.717) is 23.2 Å². The number of benzene rings is 2. The van der Waals surface area contributed by atoms with Crippen LogP contribution in [0.25, 0.3) is 11.1 Å². The molecule has 7 nitrogen and oxygen atoms in total. The molecule has 1 heterocycles. The van der Waals surface area contributed by atoms with Gasteiger partial charge in [0.05, 0.1) is 11.4 Å². The summed E-state index contributed by atoms with van der Waals surface area (Å²) < 4.78 is 29.0. The molecule has 198 valence electrons. The molecule has 0 bridgehead atoms. The Morgan fingerprint density at radius 1 is 1.08 bits per heavy atom. The average molecular weight is 524 g/mol. The molecule has 0 aromatic heterocycles. The summed E-state index contributed by atoms with van der Waals surface area (Å²) in [5.74, 6) is 0.910. The summed E-state index contributed by atoms with van der Waals surface area (Å²) in [6, 6.07) is 12.1. The Kier molecular flexibility index (Phi) is 7.72. The van der Waals surface area contributed by atoms with Gasteiger partial charge in [0.15, 0.2) is 6.29 Å². The number of nitrogens with zero attached hydrogens (tertiary/aromatic N) is 2. The summed E-state index contributed by atoms with van der Waals surface area (Å²) in [5, 5.41) is 0. The van der Waals surface area contributed by atoms with Crippen LogP contribution in [-0.4, -0.2) is 42.4 Å². The first-order chi connectivity index (χ1) is 17.5. The zero-order chi connectivity index (χ0) is 26.8. The van der Waals surface area contributed by atoms with E-state index in [9.17, 15) is 18.0 Å². The summed E-state index contributed by atoms with van der Waals surface area (Å²) >= 11 is 0. The molecule has 2 aromatic carbocycles. The van der Waals surface area contributed by atoms with Gasteiger partial charge in [-0.3, -0.25) is 19.5 Å². The molecule has 0 atom stereocenters. The van der Waals surface area contributed by atoms with Crippen molar-refractivity contribution in [2.75, 3.05) is 0 Å². The second-order valence-electron chi connectivity index (χ2n) is 11.2. The molecule has 2 aliphatic rings. The van der Waals surface area contributed by atoms with Crippen LogP contribution in [0, 0.1) is 0 Å². The van der Waals surface area contributed by atoms with Gasteiger partial charge >= 0.3 is 0 Å². The molecule has 1 saturated carbocycles. The van der Waals surface area contributed by atoms with Crippen molar-refractivity contribution in [3.8, 4) is 11.1 Å². The van der Waals surface area contributed by atoms with Gasteiger partial charge in [0.25, 0.3) is 5.91 Å². The molecule has 37 heavy (non-hydrogen) atoms. The lowest BCUT2D eigenvalue weighted by molar-refractivity contribution is -0.131. The maximum Gasteiger partial charge on any atom is 0.256 e. The highest BCUT2D eigenvalue weighted by atomic mass is 32.2. The number of nitrogens with one attached hydrogen (secondary N) is 1. The van der Waals surface area contributed by atoms with Crippen molar-refractivity contribution in [1.29, 1.82) is 0 Å². The van der Waals surface area contributed by atoms with E-state index in [4.69, 9.17) is 4.99 Å². The fraction of sp³-hybridized carbons (Fsp3) is 0.483. The molecule has 0 radical (unpaired) electrons. The van der Waals surface area contributed by atoms with Crippen molar-refractivity contribution < 1.29 is 18.0 Å². The number of unbranched alkanes of at least 4 members (excludes halogenated alkanes) is 1. The lowest BCUT2D eigenvalue weighted by Gasteiger charge is -2.23. The van der Waals surface area contributed by atoms with Gasteiger partial charge in [0.1, 0.15) is 11.4 Å². The number of hydrogen-bond donors (Lipinski definition) is 1. The lowest BCUT2D eigenvalue weighted by Crippen LogP contribution is -2.40. The molecule has 1 fully saturated rings. The number of sulfonamides is 1. The Bertz CT molecular complexity index is 1320. The smallest absolute Gasteiger partial charge is 0.256 e. The third-order valence-electron chi connectivity index (χ3n) is 6.97. The van der Waals surface area contributed by atoms with Crippen LogP contribution in [0.15, 0.2) is 52.4 Å².